The molecule has 164 valence electrons. The zero-order chi connectivity index (χ0) is 21.2. The van der Waals surface area contributed by atoms with E-state index >= 15 is 0 Å². The molecule has 0 spiro atoms. The molecule has 0 unspecified atom stereocenters. The average Bonchev–Trinajstić information content (AvgIpc) is 2.74. The summed E-state index contributed by atoms with van der Waals surface area (Å²) in [4.78, 5) is 0. The Labute approximate surface area is 165 Å². The van der Waals surface area contributed by atoms with Crippen LogP contribution in [-0.4, -0.2) is 99.9 Å². The summed E-state index contributed by atoms with van der Waals surface area (Å²) in [5, 5.41) is 0. The van der Waals surface area contributed by atoms with E-state index in [1.807, 2.05) is 0 Å². The lowest BCUT2D eigenvalue weighted by molar-refractivity contribution is -0.0254. The van der Waals surface area contributed by atoms with Gasteiger partial charge in [-0.1, -0.05) is 6.92 Å². The van der Waals surface area contributed by atoms with Crippen molar-refractivity contribution in [1.82, 2.24) is 0 Å². The van der Waals surface area contributed by atoms with Crippen molar-refractivity contribution in [2.45, 2.75) is 13.0 Å². The van der Waals surface area contributed by atoms with Gasteiger partial charge in [-0.25, -0.2) is 0 Å². The standard InChI is InChI=1S/C11H32O12Si4/c1-11-24(21-25(12-2,13-3)14-4,22-26(15-5,16-6)17-7)23-27(18-8,19-9)20-10/h11H2,1-10H3. The zero-order valence-electron chi connectivity index (χ0n) is 17.6. The minimum atomic E-state index is -3.80. The van der Waals surface area contributed by atoms with Gasteiger partial charge in [0.15, 0.2) is 0 Å². The van der Waals surface area contributed by atoms with Crippen LogP contribution in [0.2, 0.25) is 6.04 Å². The largest absolute Gasteiger partial charge is 0.671 e. The molecule has 0 aliphatic heterocycles. The van der Waals surface area contributed by atoms with Gasteiger partial charge in [-0.05, 0) is 0 Å². The molecule has 0 fully saturated rings. The molecule has 0 saturated heterocycles. The van der Waals surface area contributed by atoms with E-state index in [0.29, 0.717) is 0 Å². The Hall–Kier alpha value is 0.388. The summed E-state index contributed by atoms with van der Waals surface area (Å²) in [7, 11) is -2.23. The summed E-state index contributed by atoms with van der Waals surface area (Å²) in [6, 6.07) is 0.216. The summed E-state index contributed by atoms with van der Waals surface area (Å²) in [6.45, 7) is 1.77. The summed E-state index contributed by atoms with van der Waals surface area (Å²) < 4.78 is 66.5. The first kappa shape index (κ1) is 27.4. The molecule has 0 aromatic rings. The van der Waals surface area contributed by atoms with Crippen molar-refractivity contribution in [3.63, 3.8) is 0 Å². The van der Waals surface area contributed by atoms with Crippen molar-refractivity contribution < 1.29 is 52.2 Å². The lowest BCUT2D eigenvalue weighted by atomic mass is 11.0. The number of hydrogen-bond donors (Lipinski definition) is 0. The maximum absolute atomic E-state index is 6.10. The van der Waals surface area contributed by atoms with Crippen LogP contribution < -0.4 is 0 Å². The topological polar surface area (TPSA) is 111 Å². The van der Waals surface area contributed by atoms with Crippen LogP contribution >= 0.6 is 0 Å². The molecule has 0 aromatic carbocycles. The van der Waals surface area contributed by atoms with Gasteiger partial charge in [0.2, 0.25) is 0 Å². The van der Waals surface area contributed by atoms with Gasteiger partial charge in [0.25, 0.3) is 0 Å². The van der Waals surface area contributed by atoms with Crippen LogP contribution in [0.3, 0.4) is 0 Å². The highest BCUT2D eigenvalue weighted by atomic mass is 28.5. The Morgan fingerprint density at radius 3 is 0.704 bits per heavy atom. The fraction of sp³-hybridized carbons (Fsp3) is 1.00. The van der Waals surface area contributed by atoms with Gasteiger partial charge >= 0.3 is 35.9 Å². The fourth-order valence-electron chi connectivity index (χ4n) is 1.98. The van der Waals surface area contributed by atoms with Crippen molar-refractivity contribution in [2.75, 3.05) is 64.0 Å². The summed E-state index contributed by atoms with van der Waals surface area (Å²) >= 11 is 0. The Balaban J connectivity index is 6.23. The molecule has 0 aliphatic carbocycles. The van der Waals surface area contributed by atoms with E-state index in [9.17, 15) is 0 Å². The molecule has 0 bridgehead atoms. The average molecular weight is 469 g/mol. The molecule has 27 heavy (non-hydrogen) atoms. The van der Waals surface area contributed by atoms with Crippen LogP contribution in [0.4, 0.5) is 0 Å². The highest BCUT2D eigenvalue weighted by Gasteiger charge is 2.65. The van der Waals surface area contributed by atoms with Gasteiger partial charge in [0, 0.05) is 70.0 Å². The summed E-state index contributed by atoms with van der Waals surface area (Å²) in [5.74, 6) is 0. The first-order valence-electron chi connectivity index (χ1n) is 7.80. The Morgan fingerprint density at radius 1 is 0.407 bits per heavy atom. The van der Waals surface area contributed by atoms with Gasteiger partial charge < -0.3 is 52.2 Å². The zero-order valence-corrected chi connectivity index (χ0v) is 21.6. The molecule has 0 heterocycles. The van der Waals surface area contributed by atoms with Gasteiger partial charge in [0.05, 0.1) is 0 Å². The molecular formula is C11H32O12Si4. The highest BCUT2D eigenvalue weighted by Crippen LogP contribution is 2.30. The number of rotatable bonds is 16. The van der Waals surface area contributed by atoms with Gasteiger partial charge in [-0.3, -0.25) is 0 Å². The lowest BCUT2D eigenvalue weighted by Gasteiger charge is -2.40. The third kappa shape index (κ3) is 6.70. The Morgan fingerprint density at radius 2 is 0.593 bits per heavy atom. The molecule has 0 rings (SSSR count). The quantitative estimate of drug-likeness (QED) is 0.287. The first-order valence-corrected chi connectivity index (χ1v) is 14.6. The normalized spacial score (nSPS) is 14.0. The van der Waals surface area contributed by atoms with Crippen LogP contribution in [0.15, 0.2) is 0 Å². The van der Waals surface area contributed by atoms with Crippen LogP contribution in [0.25, 0.3) is 0 Å². The smallest absolute Gasteiger partial charge is 0.355 e. The first-order chi connectivity index (χ1) is 12.7. The van der Waals surface area contributed by atoms with Gasteiger partial charge in [-0.2, -0.15) is 0 Å². The van der Waals surface area contributed by atoms with E-state index in [1.165, 1.54) is 64.0 Å². The monoisotopic (exact) mass is 468 g/mol. The molecule has 0 atom stereocenters. The van der Waals surface area contributed by atoms with Crippen molar-refractivity contribution in [1.29, 1.82) is 0 Å². The summed E-state index contributed by atoms with van der Waals surface area (Å²) in [6.07, 6.45) is 0. The predicted octanol–water partition coefficient (Wildman–Crippen LogP) is 0.119. The molecule has 12 nitrogen and oxygen atoms in total. The second-order valence-corrected chi connectivity index (χ2v) is 15.9. The van der Waals surface area contributed by atoms with Crippen LogP contribution in [-0.2, 0) is 52.2 Å². The van der Waals surface area contributed by atoms with Crippen molar-refractivity contribution in [3.8, 4) is 0 Å². The highest BCUT2D eigenvalue weighted by molar-refractivity contribution is 6.82. The van der Waals surface area contributed by atoms with Crippen molar-refractivity contribution in [3.05, 3.63) is 0 Å². The van der Waals surface area contributed by atoms with Crippen molar-refractivity contribution in [2.24, 2.45) is 0 Å². The molecule has 0 N–H and O–H groups in total. The molecule has 0 amide bonds. The maximum Gasteiger partial charge on any atom is 0.671 e. The van der Waals surface area contributed by atoms with Crippen LogP contribution in [0.5, 0.6) is 0 Å². The molecule has 0 aromatic heterocycles. The van der Waals surface area contributed by atoms with E-state index in [4.69, 9.17) is 52.2 Å². The maximum atomic E-state index is 6.10. The van der Waals surface area contributed by atoms with E-state index in [1.54, 1.807) is 6.92 Å². The molecule has 0 saturated carbocycles. The SMILES string of the molecule is CC[Si](O[Si](OC)(OC)OC)(O[Si](OC)(OC)OC)O[Si](OC)(OC)OC. The third-order valence-corrected chi connectivity index (χ3v) is 15.6. The summed E-state index contributed by atoms with van der Waals surface area (Å²) in [5.41, 5.74) is 0. The second-order valence-electron chi connectivity index (χ2n) is 4.68. The van der Waals surface area contributed by atoms with Crippen molar-refractivity contribution >= 4 is 35.9 Å². The lowest BCUT2D eigenvalue weighted by Crippen LogP contribution is -2.69. The van der Waals surface area contributed by atoms with Gasteiger partial charge in [0.1, 0.15) is 0 Å². The van der Waals surface area contributed by atoms with Gasteiger partial charge in [-0.15, -0.1) is 0 Å². The molecular weight excluding hydrogens is 436 g/mol. The Kier molecular flexibility index (Phi) is 12.3. The van der Waals surface area contributed by atoms with Crippen LogP contribution in [0.1, 0.15) is 6.92 Å². The molecule has 0 radical (unpaired) electrons. The predicted molar refractivity (Wildman–Crippen MR) is 99.8 cm³/mol. The fourth-order valence-corrected chi connectivity index (χ4v) is 14.4. The van der Waals surface area contributed by atoms with Crippen LogP contribution in [0, 0.1) is 0 Å². The molecule has 16 heteroatoms. The second kappa shape index (κ2) is 12.2. The van der Waals surface area contributed by atoms with E-state index in [2.05, 4.69) is 0 Å². The minimum absolute atomic E-state index is 0.216. The number of hydrogen-bond acceptors (Lipinski definition) is 12. The third-order valence-electron chi connectivity index (χ3n) is 3.52. The van der Waals surface area contributed by atoms with E-state index in [-0.39, 0.29) is 6.04 Å². The van der Waals surface area contributed by atoms with E-state index < -0.39 is 35.9 Å². The molecule has 0 aliphatic rings. The Bertz CT molecular complexity index is 325. The minimum Gasteiger partial charge on any atom is -0.355 e. The van der Waals surface area contributed by atoms with E-state index in [0.717, 1.165) is 0 Å².